The summed E-state index contributed by atoms with van der Waals surface area (Å²) in [6, 6.07) is 6.59. The molecule has 0 saturated carbocycles. The summed E-state index contributed by atoms with van der Waals surface area (Å²) in [7, 11) is 0. The van der Waals surface area contributed by atoms with Gasteiger partial charge in [0.25, 0.3) is 0 Å². The Bertz CT molecular complexity index is 627. The standard InChI is InChI=1S/C9H10O3.C7H6O3/c1-2-12-8-6-4-3-5-7(8)9(10)11;8-6-3-1-5(2-4-6)7(9)10/h3-6H,2H2,1H3,(H,10,11);1-3H,4H2,(H,9,10). The van der Waals surface area contributed by atoms with Crippen molar-refractivity contribution in [3.8, 4) is 5.75 Å². The molecule has 0 radical (unpaired) electrons. The largest absolute Gasteiger partial charge is 0.493 e. The number of hydrogen-bond donors (Lipinski definition) is 2. The number of allylic oxidation sites excluding steroid dienone is 2. The number of aliphatic carboxylic acids is 1. The first-order valence-electron chi connectivity index (χ1n) is 6.55. The van der Waals surface area contributed by atoms with Crippen molar-refractivity contribution in [3.05, 3.63) is 53.6 Å². The van der Waals surface area contributed by atoms with Crippen molar-refractivity contribution < 1.29 is 29.3 Å². The van der Waals surface area contributed by atoms with Crippen molar-refractivity contribution >= 4 is 17.7 Å². The Morgan fingerprint density at radius 3 is 2.32 bits per heavy atom. The number of benzene rings is 1. The lowest BCUT2D eigenvalue weighted by atomic mass is 10.1. The summed E-state index contributed by atoms with van der Waals surface area (Å²) >= 11 is 0. The maximum atomic E-state index is 10.6. The van der Waals surface area contributed by atoms with Crippen LogP contribution >= 0.6 is 0 Å². The van der Waals surface area contributed by atoms with Gasteiger partial charge in [-0.3, -0.25) is 4.79 Å². The highest BCUT2D eigenvalue weighted by molar-refractivity contribution is 5.99. The Balaban J connectivity index is 0.000000224. The molecule has 0 bridgehead atoms. The summed E-state index contributed by atoms with van der Waals surface area (Å²) in [5.41, 5.74) is 0.402. The number of ketones is 1. The molecule has 0 fully saturated rings. The number of carbonyl (C=O) groups excluding carboxylic acids is 1. The van der Waals surface area contributed by atoms with Crippen molar-refractivity contribution in [1.29, 1.82) is 0 Å². The van der Waals surface area contributed by atoms with Crippen LogP contribution in [0.5, 0.6) is 5.75 Å². The van der Waals surface area contributed by atoms with E-state index < -0.39 is 11.9 Å². The van der Waals surface area contributed by atoms with E-state index in [1.807, 2.05) is 6.92 Å². The SMILES string of the molecule is CCOc1ccccc1C(=O)O.O=C1C=CC(C(=O)O)=CC1. The van der Waals surface area contributed by atoms with Crippen LogP contribution in [0.3, 0.4) is 0 Å². The average molecular weight is 304 g/mol. The molecule has 0 atom stereocenters. The van der Waals surface area contributed by atoms with Gasteiger partial charge in [-0.2, -0.15) is 0 Å². The lowest BCUT2D eigenvalue weighted by molar-refractivity contribution is -0.132. The van der Waals surface area contributed by atoms with Crippen LogP contribution in [0.15, 0.2) is 48.1 Å². The summed E-state index contributed by atoms with van der Waals surface area (Å²) in [5.74, 6) is -1.57. The lowest BCUT2D eigenvalue weighted by Gasteiger charge is -2.05. The highest BCUT2D eigenvalue weighted by atomic mass is 16.5. The van der Waals surface area contributed by atoms with E-state index in [4.69, 9.17) is 14.9 Å². The molecule has 0 spiro atoms. The Morgan fingerprint density at radius 2 is 1.82 bits per heavy atom. The van der Waals surface area contributed by atoms with E-state index in [0.29, 0.717) is 12.4 Å². The van der Waals surface area contributed by atoms with Gasteiger partial charge in [0.2, 0.25) is 0 Å². The van der Waals surface area contributed by atoms with Crippen molar-refractivity contribution in [3.63, 3.8) is 0 Å². The zero-order valence-corrected chi connectivity index (χ0v) is 12.0. The zero-order chi connectivity index (χ0) is 16.5. The second-order valence-electron chi connectivity index (χ2n) is 4.20. The van der Waals surface area contributed by atoms with E-state index in [0.717, 1.165) is 0 Å². The quantitative estimate of drug-likeness (QED) is 0.885. The van der Waals surface area contributed by atoms with Crippen molar-refractivity contribution in [2.75, 3.05) is 6.61 Å². The Hall–Kier alpha value is -2.89. The third-order valence-electron chi connectivity index (χ3n) is 2.64. The van der Waals surface area contributed by atoms with E-state index in [-0.39, 0.29) is 23.3 Å². The smallest absolute Gasteiger partial charge is 0.339 e. The molecule has 0 aliphatic heterocycles. The van der Waals surface area contributed by atoms with Crippen LogP contribution in [0.4, 0.5) is 0 Å². The number of para-hydroxylation sites is 1. The molecule has 6 nitrogen and oxygen atoms in total. The molecular weight excluding hydrogens is 288 g/mol. The van der Waals surface area contributed by atoms with Gasteiger partial charge in [-0.05, 0) is 31.2 Å². The summed E-state index contributed by atoms with van der Waals surface area (Å²) < 4.78 is 5.12. The minimum Gasteiger partial charge on any atom is -0.493 e. The maximum Gasteiger partial charge on any atom is 0.339 e. The van der Waals surface area contributed by atoms with Crippen LogP contribution in [-0.2, 0) is 9.59 Å². The van der Waals surface area contributed by atoms with Gasteiger partial charge in [0, 0.05) is 6.42 Å². The van der Waals surface area contributed by atoms with Crippen LogP contribution in [-0.4, -0.2) is 34.5 Å². The van der Waals surface area contributed by atoms with Crippen LogP contribution in [0.25, 0.3) is 0 Å². The second kappa shape index (κ2) is 8.41. The highest BCUT2D eigenvalue weighted by Gasteiger charge is 2.09. The Morgan fingerprint density at radius 1 is 1.14 bits per heavy atom. The van der Waals surface area contributed by atoms with Gasteiger partial charge in [-0.1, -0.05) is 18.2 Å². The number of aromatic carboxylic acids is 1. The molecule has 1 aromatic carbocycles. The second-order valence-corrected chi connectivity index (χ2v) is 4.20. The number of carbonyl (C=O) groups is 3. The normalized spacial score (nSPS) is 12.8. The molecule has 1 aliphatic rings. The molecule has 6 heteroatoms. The van der Waals surface area contributed by atoms with Crippen LogP contribution in [0.2, 0.25) is 0 Å². The molecule has 22 heavy (non-hydrogen) atoms. The topological polar surface area (TPSA) is 101 Å². The van der Waals surface area contributed by atoms with Crippen LogP contribution < -0.4 is 4.74 Å². The molecule has 0 aromatic heterocycles. The number of rotatable bonds is 4. The van der Waals surface area contributed by atoms with Gasteiger partial charge in [-0.15, -0.1) is 0 Å². The first-order valence-corrected chi connectivity index (χ1v) is 6.55. The molecule has 0 saturated heterocycles. The minimum absolute atomic E-state index is 0.0509. The molecule has 1 aliphatic carbocycles. The number of carboxylic acids is 2. The molecule has 116 valence electrons. The fourth-order valence-corrected chi connectivity index (χ4v) is 1.61. The van der Waals surface area contributed by atoms with E-state index >= 15 is 0 Å². The molecular formula is C16H16O6. The highest BCUT2D eigenvalue weighted by Crippen LogP contribution is 2.17. The first-order chi connectivity index (χ1) is 10.5. The third-order valence-corrected chi connectivity index (χ3v) is 2.64. The first kappa shape index (κ1) is 17.2. The van der Waals surface area contributed by atoms with Gasteiger partial charge in [0.1, 0.15) is 11.3 Å². The monoisotopic (exact) mass is 304 g/mol. The summed E-state index contributed by atoms with van der Waals surface area (Å²) in [4.78, 5) is 31.4. The molecule has 0 amide bonds. The van der Waals surface area contributed by atoms with Gasteiger partial charge in [0.15, 0.2) is 5.78 Å². The lowest BCUT2D eigenvalue weighted by Crippen LogP contribution is -2.04. The number of hydrogen-bond acceptors (Lipinski definition) is 4. The van der Waals surface area contributed by atoms with Crippen LogP contribution in [0, 0.1) is 0 Å². The predicted octanol–water partition coefficient (Wildman–Crippen LogP) is 2.31. The van der Waals surface area contributed by atoms with E-state index in [9.17, 15) is 14.4 Å². The molecule has 2 rings (SSSR count). The van der Waals surface area contributed by atoms with Gasteiger partial charge >= 0.3 is 11.9 Å². The van der Waals surface area contributed by atoms with Gasteiger partial charge in [0.05, 0.1) is 12.2 Å². The van der Waals surface area contributed by atoms with E-state index in [2.05, 4.69) is 0 Å². The predicted molar refractivity (Wildman–Crippen MR) is 79.1 cm³/mol. The zero-order valence-electron chi connectivity index (χ0n) is 12.0. The molecule has 1 aromatic rings. The van der Waals surface area contributed by atoms with Gasteiger partial charge < -0.3 is 14.9 Å². The van der Waals surface area contributed by atoms with E-state index in [1.54, 1.807) is 18.2 Å². The fraction of sp³-hybridized carbons (Fsp3) is 0.188. The van der Waals surface area contributed by atoms with E-state index in [1.165, 1.54) is 24.3 Å². The summed E-state index contributed by atoms with van der Waals surface area (Å²) in [6.45, 7) is 2.29. The molecule has 0 heterocycles. The third kappa shape index (κ3) is 5.24. The average Bonchev–Trinajstić information content (AvgIpc) is 2.49. The maximum absolute atomic E-state index is 10.6. The van der Waals surface area contributed by atoms with Crippen molar-refractivity contribution in [1.82, 2.24) is 0 Å². The molecule has 2 N–H and O–H groups in total. The van der Waals surface area contributed by atoms with Crippen molar-refractivity contribution in [2.45, 2.75) is 13.3 Å². The number of ether oxygens (including phenoxy) is 1. The van der Waals surface area contributed by atoms with Crippen LogP contribution in [0.1, 0.15) is 23.7 Å². The summed E-state index contributed by atoms with van der Waals surface area (Å²) in [5, 5.41) is 17.1. The fourth-order valence-electron chi connectivity index (χ4n) is 1.61. The van der Waals surface area contributed by atoms with Gasteiger partial charge in [-0.25, -0.2) is 9.59 Å². The molecule has 0 unspecified atom stereocenters. The summed E-state index contributed by atoms with van der Waals surface area (Å²) in [6.07, 6.45) is 4.21. The van der Waals surface area contributed by atoms with Crippen molar-refractivity contribution in [2.24, 2.45) is 0 Å². The Labute approximate surface area is 127 Å². The Kier molecular flexibility index (Phi) is 6.56. The number of carboxylic acid groups (broad SMARTS) is 2. The minimum atomic E-state index is -0.983.